The van der Waals surface area contributed by atoms with E-state index in [0.29, 0.717) is 18.7 Å². The van der Waals surface area contributed by atoms with Gasteiger partial charge in [0.1, 0.15) is 5.75 Å². The maximum absolute atomic E-state index is 9.64. The molecule has 0 aliphatic heterocycles. The molecule has 0 radical (unpaired) electrons. The number of aromatic nitrogens is 1. The van der Waals surface area contributed by atoms with E-state index in [1.165, 1.54) is 0 Å². The summed E-state index contributed by atoms with van der Waals surface area (Å²) in [5.74, 6) is 0.747. The molecule has 0 atom stereocenters. The number of rotatable bonds is 4. The third-order valence-electron chi connectivity index (χ3n) is 2.73. The van der Waals surface area contributed by atoms with Gasteiger partial charge >= 0.3 is 0 Å². The highest BCUT2D eigenvalue weighted by Crippen LogP contribution is 2.28. The van der Waals surface area contributed by atoms with Gasteiger partial charge in [0.15, 0.2) is 0 Å². The van der Waals surface area contributed by atoms with Gasteiger partial charge in [-0.15, -0.1) is 0 Å². The molecule has 0 saturated carbocycles. The van der Waals surface area contributed by atoms with Gasteiger partial charge in [-0.1, -0.05) is 0 Å². The largest absolute Gasteiger partial charge is 0.493 e. The molecule has 0 aliphatic carbocycles. The van der Waals surface area contributed by atoms with Crippen LogP contribution in [0.4, 0.5) is 5.69 Å². The first kappa shape index (κ1) is 12.6. The summed E-state index contributed by atoms with van der Waals surface area (Å²) in [6.45, 7) is 3.98. The second kappa shape index (κ2) is 4.82. The average molecular weight is 246 g/mol. The van der Waals surface area contributed by atoms with Crippen molar-refractivity contribution in [2.24, 2.45) is 0 Å². The van der Waals surface area contributed by atoms with Crippen molar-refractivity contribution in [2.75, 3.05) is 12.3 Å². The van der Waals surface area contributed by atoms with E-state index in [1.54, 1.807) is 26.1 Å². The van der Waals surface area contributed by atoms with Crippen molar-refractivity contribution in [3.05, 3.63) is 30.5 Å². The van der Waals surface area contributed by atoms with E-state index in [-0.39, 0.29) is 0 Å². The van der Waals surface area contributed by atoms with Crippen molar-refractivity contribution in [1.82, 2.24) is 4.98 Å². The zero-order chi connectivity index (χ0) is 13.2. The highest BCUT2D eigenvalue weighted by molar-refractivity contribution is 5.93. The molecule has 0 fully saturated rings. The average Bonchev–Trinajstić information content (AvgIpc) is 2.31. The molecule has 1 heterocycles. The van der Waals surface area contributed by atoms with Gasteiger partial charge in [0, 0.05) is 18.0 Å². The Morgan fingerprint density at radius 2 is 2.11 bits per heavy atom. The second-order valence-electron chi connectivity index (χ2n) is 4.96. The molecule has 2 rings (SSSR count). The number of aliphatic hydroxyl groups is 1. The molecule has 1 aromatic carbocycles. The van der Waals surface area contributed by atoms with Gasteiger partial charge in [-0.2, -0.15) is 0 Å². The first-order valence-electron chi connectivity index (χ1n) is 5.96. The Kier molecular flexibility index (Phi) is 3.39. The lowest BCUT2D eigenvalue weighted by Gasteiger charge is -2.17. The van der Waals surface area contributed by atoms with E-state index in [1.807, 2.05) is 18.2 Å². The normalized spacial score (nSPS) is 11.7. The first-order chi connectivity index (χ1) is 8.47. The van der Waals surface area contributed by atoms with E-state index in [4.69, 9.17) is 10.5 Å². The number of ether oxygens (including phenoxy) is 1. The minimum atomic E-state index is -0.720. The van der Waals surface area contributed by atoms with E-state index >= 15 is 0 Å². The summed E-state index contributed by atoms with van der Waals surface area (Å²) in [6.07, 6.45) is 2.28. The first-order valence-corrected chi connectivity index (χ1v) is 5.96. The highest BCUT2D eigenvalue weighted by atomic mass is 16.5. The maximum atomic E-state index is 9.64. The van der Waals surface area contributed by atoms with Crippen LogP contribution < -0.4 is 10.5 Å². The molecule has 0 spiro atoms. The smallest absolute Gasteiger partial charge is 0.128 e. The van der Waals surface area contributed by atoms with Gasteiger partial charge in [-0.05, 0) is 38.1 Å². The van der Waals surface area contributed by atoms with Crippen LogP contribution in [0.2, 0.25) is 0 Å². The third kappa shape index (κ3) is 2.90. The standard InChI is InChI=1S/C14H18N2O2/c1-14(2,17)7-9-18-12-6-5-11(15)13-10(12)4-3-8-16-13/h3-6,8,17H,7,9,15H2,1-2H3. The van der Waals surface area contributed by atoms with Crippen LogP contribution in [0.15, 0.2) is 30.5 Å². The zero-order valence-electron chi connectivity index (χ0n) is 10.7. The molecule has 18 heavy (non-hydrogen) atoms. The Balaban J connectivity index is 2.21. The number of nitrogens with two attached hydrogens (primary N) is 1. The Labute approximate surface area is 106 Å². The number of nitrogen functional groups attached to an aromatic ring is 1. The van der Waals surface area contributed by atoms with Crippen molar-refractivity contribution in [3.63, 3.8) is 0 Å². The number of anilines is 1. The molecule has 3 N–H and O–H groups in total. The minimum Gasteiger partial charge on any atom is -0.493 e. The lowest BCUT2D eigenvalue weighted by molar-refractivity contribution is 0.0555. The summed E-state index contributed by atoms with van der Waals surface area (Å²) in [6, 6.07) is 7.40. The number of benzene rings is 1. The fourth-order valence-corrected chi connectivity index (χ4v) is 1.70. The van der Waals surface area contributed by atoms with E-state index in [2.05, 4.69) is 4.98 Å². The van der Waals surface area contributed by atoms with Crippen molar-refractivity contribution < 1.29 is 9.84 Å². The highest BCUT2D eigenvalue weighted by Gasteiger charge is 2.13. The number of hydrogen-bond donors (Lipinski definition) is 2. The van der Waals surface area contributed by atoms with Crippen LogP contribution in [-0.4, -0.2) is 22.3 Å². The van der Waals surface area contributed by atoms with Crippen molar-refractivity contribution in [1.29, 1.82) is 0 Å². The lowest BCUT2D eigenvalue weighted by Crippen LogP contribution is -2.21. The molecule has 0 saturated heterocycles. The summed E-state index contributed by atoms with van der Waals surface area (Å²) in [5.41, 5.74) is 6.53. The molecule has 0 amide bonds. The van der Waals surface area contributed by atoms with Crippen LogP contribution in [0.25, 0.3) is 10.9 Å². The van der Waals surface area contributed by atoms with Crippen LogP contribution in [0.3, 0.4) is 0 Å². The van der Waals surface area contributed by atoms with Crippen LogP contribution in [0.1, 0.15) is 20.3 Å². The Morgan fingerprint density at radius 3 is 2.83 bits per heavy atom. The molecule has 0 bridgehead atoms. The summed E-state index contributed by atoms with van der Waals surface area (Å²) >= 11 is 0. The summed E-state index contributed by atoms with van der Waals surface area (Å²) in [7, 11) is 0. The van der Waals surface area contributed by atoms with Gasteiger partial charge < -0.3 is 15.6 Å². The minimum absolute atomic E-state index is 0.456. The topological polar surface area (TPSA) is 68.4 Å². The Hall–Kier alpha value is -1.81. The van der Waals surface area contributed by atoms with Crippen LogP contribution in [0.5, 0.6) is 5.75 Å². The summed E-state index contributed by atoms with van der Waals surface area (Å²) in [5, 5.41) is 10.5. The molecule has 4 heteroatoms. The fourth-order valence-electron chi connectivity index (χ4n) is 1.70. The Bertz CT molecular complexity index is 547. The number of pyridine rings is 1. The molecule has 96 valence electrons. The van der Waals surface area contributed by atoms with E-state index in [9.17, 15) is 5.11 Å². The SMILES string of the molecule is CC(C)(O)CCOc1ccc(N)c2ncccc12. The molecular formula is C14H18N2O2. The lowest BCUT2D eigenvalue weighted by atomic mass is 10.1. The molecule has 0 unspecified atom stereocenters. The monoisotopic (exact) mass is 246 g/mol. The van der Waals surface area contributed by atoms with Gasteiger partial charge in [0.05, 0.1) is 23.4 Å². The summed E-state index contributed by atoms with van der Waals surface area (Å²) < 4.78 is 5.69. The molecule has 4 nitrogen and oxygen atoms in total. The molecule has 2 aromatic rings. The van der Waals surface area contributed by atoms with Gasteiger partial charge in [-0.3, -0.25) is 4.98 Å². The van der Waals surface area contributed by atoms with Gasteiger partial charge in [0.25, 0.3) is 0 Å². The maximum Gasteiger partial charge on any atom is 0.128 e. The zero-order valence-corrected chi connectivity index (χ0v) is 10.7. The second-order valence-corrected chi connectivity index (χ2v) is 4.96. The van der Waals surface area contributed by atoms with E-state index in [0.717, 1.165) is 16.7 Å². The molecule has 0 aliphatic rings. The summed E-state index contributed by atoms with van der Waals surface area (Å²) in [4.78, 5) is 4.24. The quantitative estimate of drug-likeness (QED) is 0.813. The molecule has 1 aromatic heterocycles. The number of fused-ring (bicyclic) bond motifs is 1. The van der Waals surface area contributed by atoms with Gasteiger partial charge in [-0.25, -0.2) is 0 Å². The van der Waals surface area contributed by atoms with Crippen LogP contribution in [0, 0.1) is 0 Å². The van der Waals surface area contributed by atoms with Crippen molar-refractivity contribution in [3.8, 4) is 5.75 Å². The predicted molar refractivity (Wildman–Crippen MR) is 72.6 cm³/mol. The third-order valence-corrected chi connectivity index (χ3v) is 2.73. The van der Waals surface area contributed by atoms with E-state index < -0.39 is 5.60 Å². The predicted octanol–water partition coefficient (Wildman–Crippen LogP) is 2.36. The van der Waals surface area contributed by atoms with Crippen LogP contribution in [-0.2, 0) is 0 Å². The fraction of sp³-hybridized carbons (Fsp3) is 0.357. The number of hydrogen-bond acceptors (Lipinski definition) is 4. The van der Waals surface area contributed by atoms with Crippen LogP contribution >= 0.6 is 0 Å². The van der Waals surface area contributed by atoms with Crippen molar-refractivity contribution in [2.45, 2.75) is 25.9 Å². The van der Waals surface area contributed by atoms with Crippen molar-refractivity contribution >= 4 is 16.6 Å². The number of nitrogens with zero attached hydrogens (tertiary/aromatic N) is 1. The Morgan fingerprint density at radius 1 is 1.33 bits per heavy atom. The van der Waals surface area contributed by atoms with Gasteiger partial charge in [0.2, 0.25) is 0 Å². The molecular weight excluding hydrogens is 228 g/mol.